The lowest BCUT2D eigenvalue weighted by atomic mass is 9.72. The van der Waals surface area contributed by atoms with Crippen molar-refractivity contribution in [2.45, 2.75) is 44.7 Å². The summed E-state index contributed by atoms with van der Waals surface area (Å²) in [5, 5.41) is 8.51. The lowest BCUT2D eigenvalue weighted by Crippen LogP contribution is -2.54. The molecule has 2 amide bonds. The van der Waals surface area contributed by atoms with Crippen molar-refractivity contribution in [1.82, 2.24) is 10.6 Å². The zero-order valence-electron chi connectivity index (χ0n) is 14.5. The molecule has 1 heterocycles. The van der Waals surface area contributed by atoms with Gasteiger partial charge in [-0.1, -0.05) is 37.3 Å². The van der Waals surface area contributed by atoms with Crippen LogP contribution in [0.5, 0.6) is 0 Å². The fourth-order valence-electron chi connectivity index (χ4n) is 4.48. The minimum atomic E-state index is -0.0237. The van der Waals surface area contributed by atoms with E-state index in [1.54, 1.807) is 0 Å². The van der Waals surface area contributed by atoms with Crippen molar-refractivity contribution in [2.24, 2.45) is 11.8 Å². The van der Waals surface area contributed by atoms with Gasteiger partial charge < -0.3 is 10.6 Å². The predicted molar refractivity (Wildman–Crippen MR) is 98.3 cm³/mol. The van der Waals surface area contributed by atoms with Crippen LogP contribution in [0, 0.1) is 11.8 Å². The smallest absolute Gasteiger partial charge is 0.251 e. The van der Waals surface area contributed by atoms with E-state index >= 15 is 0 Å². The highest BCUT2D eigenvalue weighted by molar-refractivity contribution is 5.98. The maximum Gasteiger partial charge on any atom is 0.251 e. The number of benzene rings is 2. The van der Waals surface area contributed by atoms with Gasteiger partial charge in [0.15, 0.2) is 0 Å². The zero-order chi connectivity index (χ0) is 17.4. The topological polar surface area (TPSA) is 58.2 Å². The molecule has 4 nitrogen and oxygen atoms in total. The minimum Gasteiger partial charge on any atom is -0.353 e. The van der Waals surface area contributed by atoms with E-state index in [0.717, 1.165) is 30.0 Å². The van der Waals surface area contributed by atoms with Crippen LogP contribution in [0.2, 0.25) is 0 Å². The predicted octanol–water partition coefficient (Wildman–Crippen LogP) is 3.26. The van der Waals surface area contributed by atoms with Crippen LogP contribution in [0.3, 0.4) is 0 Å². The van der Waals surface area contributed by atoms with Crippen LogP contribution >= 0.6 is 0 Å². The third-order valence-corrected chi connectivity index (χ3v) is 5.84. The molecule has 1 saturated carbocycles. The van der Waals surface area contributed by atoms with Gasteiger partial charge in [-0.05, 0) is 54.0 Å². The highest BCUT2D eigenvalue weighted by Crippen LogP contribution is 2.35. The second-order valence-electron chi connectivity index (χ2n) is 7.56. The van der Waals surface area contributed by atoms with E-state index in [0.29, 0.717) is 23.8 Å². The molecular weight excluding hydrogens is 312 g/mol. The Balaban J connectivity index is 1.44. The molecule has 1 aliphatic heterocycles. The van der Waals surface area contributed by atoms with Crippen molar-refractivity contribution in [2.75, 3.05) is 0 Å². The molecule has 0 radical (unpaired) electrons. The fraction of sp³-hybridized carbons (Fsp3) is 0.429. The molecule has 2 aromatic rings. The number of carbonyl (C=O) groups is 2. The molecule has 2 aromatic carbocycles. The van der Waals surface area contributed by atoms with Gasteiger partial charge in [0, 0.05) is 24.1 Å². The number of rotatable bonds is 2. The van der Waals surface area contributed by atoms with Gasteiger partial charge in [-0.3, -0.25) is 9.59 Å². The van der Waals surface area contributed by atoms with E-state index in [1.807, 2.05) is 42.5 Å². The van der Waals surface area contributed by atoms with Crippen molar-refractivity contribution in [3.8, 4) is 0 Å². The van der Waals surface area contributed by atoms with Gasteiger partial charge in [-0.25, -0.2) is 0 Å². The molecule has 2 aliphatic rings. The third kappa shape index (κ3) is 3.26. The molecule has 0 spiro atoms. The largest absolute Gasteiger partial charge is 0.353 e. The first kappa shape index (κ1) is 16.1. The van der Waals surface area contributed by atoms with E-state index in [4.69, 9.17) is 0 Å². The van der Waals surface area contributed by atoms with Crippen LogP contribution in [0.15, 0.2) is 42.5 Å². The summed E-state index contributed by atoms with van der Waals surface area (Å²) < 4.78 is 0. The first-order chi connectivity index (χ1) is 12.1. The van der Waals surface area contributed by atoms with Gasteiger partial charge >= 0.3 is 0 Å². The van der Waals surface area contributed by atoms with Crippen LogP contribution in [0.1, 0.15) is 43.0 Å². The number of carbonyl (C=O) groups excluding carboxylic acids is 2. The molecule has 4 heteroatoms. The minimum absolute atomic E-state index is 0.0237. The van der Waals surface area contributed by atoms with Crippen LogP contribution in [-0.2, 0) is 4.79 Å². The maximum absolute atomic E-state index is 12.6. The third-order valence-electron chi connectivity index (χ3n) is 5.84. The second-order valence-corrected chi connectivity index (χ2v) is 7.56. The summed E-state index contributed by atoms with van der Waals surface area (Å²) in [5.41, 5.74) is 0.696. The van der Waals surface area contributed by atoms with Crippen LogP contribution in [0.25, 0.3) is 10.8 Å². The van der Waals surface area contributed by atoms with Crippen molar-refractivity contribution < 1.29 is 9.59 Å². The molecule has 1 saturated heterocycles. The highest BCUT2D eigenvalue weighted by Gasteiger charge is 2.39. The summed E-state index contributed by atoms with van der Waals surface area (Å²) in [4.78, 5) is 24.5. The van der Waals surface area contributed by atoms with Crippen molar-refractivity contribution in [3.63, 3.8) is 0 Å². The molecule has 1 aliphatic carbocycles. The molecule has 2 fully saturated rings. The van der Waals surface area contributed by atoms with E-state index in [2.05, 4.69) is 17.6 Å². The summed E-state index contributed by atoms with van der Waals surface area (Å²) >= 11 is 0. The van der Waals surface area contributed by atoms with E-state index in [1.165, 1.54) is 0 Å². The summed E-state index contributed by atoms with van der Waals surface area (Å²) in [7, 11) is 0. The van der Waals surface area contributed by atoms with Gasteiger partial charge in [0.25, 0.3) is 5.91 Å². The van der Waals surface area contributed by atoms with Gasteiger partial charge in [0.05, 0.1) is 0 Å². The van der Waals surface area contributed by atoms with Gasteiger partial charge in [-0.2, -0.15) is 0 Å². The van der Waals surface area contributed by atoms with Crippen molar-refractivity contribution >= 4 is 22.6 Å². The average molecular weight is 336 g/mol. The Bertz CT molecular complexity index is 816. The van der Waals surface area contributed by atoms with Gasteiger partial charge in [-0.15, -0.1) is 0 Å². The number of fused-ring (bicyclic) bond motifs is 2. The Kier molecular flexibility index (Phi) is 4.20. The van der Waals surface area contributed by atoms with Gasteiger partial charge in [0.1, 0.15) is 0 Å². The summed E-state index contributed by atoms with van der Waals surface area (Å²) in [5.74, 6) is 1.11. The Labute approximate surface area is 148 Å². The van der Waals surface area contributed by atoms with Gasteiger partial charge in [0.2, 0.25) is 5.91 Å². The van der Waals surface area contributed by atoms with E-state index in [-0.39, 0.29) is 23.9 Å². The first-order valence-corrected chi connectivity index (χ1v) is 9.19. The second kappa shape index (κ2) is 6.51. The number of nitrogens with one attached hydrogen (secondary N) is 2. The maximum atomic E-state index is 12.6. The normalized spacial score (nSPS) is 28.9. The standard InChI is InChI=1S/C21H24N2O2/c1-13-10-20(24)23-19-12-17(8-9-18(13)19)22-21(25)16-7-6-14-4-2-3-5-15(14)11-16/h2-7,11,13,17-19H,8-10,12H2,1H3,(H,22,25)(H,23,24). The Morgan fingerprint density at radius 2 is 1.92 bits per heavy atom. The van der Waals surface area contributed by atoms with Crippen LogP contribution in [-0.4, -0.2) is 23.9 Å². The van der Waals surface area contributed by atoms with E-state index in [9.17, 15) is 9.59 Å². The summed E-state index contributed by atoms with van der Waals surface area (Å²) in [6, 6.07) is 14.2. The zero-order valence-corrected chi connectivity index (χ0v) is 14.5. The number of hydrogen-bond donors (Lipinski definition) is 2. The summed E-state index contributed by atoms with van der Waals surface area (Å²) in [6.07, 6.45) is 3.52. The van der Waals surface area contributed by atoms with Crippen molar-refractivity contribution in [3.05, 3.63) is 48.0 Å². The fourth-order valence-corrected chi connectivity index (χ4v) is 4.48. The molecule has 4 unspecified atom stereocenters. The van der Waals surface area contributed by atoms with Crippen molar-refractivity contribution in [1.29, 1.82) is 0 Å². The quantitative estimate of drug-likeness (QED) is 0.884. The monoisotopic (exact) mass is 336 g/mol. The lowest BCUT2D eigenvalue weighted by molar-refractivity contribution is -0.126. The molecule has 0 bridgehead atoms. The molecule has 2 N–H and O–H groups in total. The molecule has 4 atom stereocenters. The molecule has 4 rings (SSSR count). The van der Waals surface area contributed by atoms with E-state index < -0.39 is 0 Å². The first-order valence-electron chi connectivity index (χ1n) is 9.19. The molecule has 25 heavy (non-hydrogen) atoms. The summed E-state index contributed by atoms with van der Waals surface area (Å²) in [6.45, 7) is 2.17. The molecule has 0 aromatic heterocycles. The van der Waals surface area contributed by atoms with Crippen LogP contribution < -0.4 is 10.6 Å². The Hall–Kier alpha value is -2.36. The van der Waals surface area contributed by atoms with Crippen LogP contribution in [0.4, 0.5) is 0 Å². The number of amides is 2. The molecular formula is C21H24N2O2. The molecule has 130 valence electrons. The SMILES string of the molecule is CC1CC(=O)NC2CC(NC(=O)c3ccc4ccccc4c3)CCC12. The Morgan fingerprint density at radius 3 is 2.76 bits per heavy atom. The average Bonchev–Trinajstić information content (AvgIpc) is 2.60. The Morgan fingerprint density at radius 1 is 1.12 bits per heavy atom. The lowest BCUT2D eigenvalue weighted by Gasteiger charge is -2.43. The number of piperidine rings is 1. The highest BCUT2D eigenvalue weighted by atomic mass is 16.2. The number of hydrogen-bond acceptors (Lipinski definition) is 2.